The van der Waals surface area contributed by atoms with Crippen LogP contribution in [0.15, 0.2) is 30.3 Å². The largest absolute Gasteiger partial charge is 0.329 e. The average Bonchev–Trinajstić information content (AvgIpc) is 2.16. The lowest BCUT2D eigenvalue weighted by molar-refractivity contribution is 0.0481. The van der Waals surface area contributed by atoms with Crippen LogP contribution in [0.5, 0.6) is 0 Å². The fourth-order valence-electron chi connectivity index (χ4n) is 2.20. The van der Waals surface area contributed by atoms with Crippen LogP contribution in [-0.2, 0) is 6.42 Å². The smallest absolute Gasteiger partial charge is 0.0343 e. The molecule has 1 aromatic rings. The second-order valence-corrected chi connectivity index (χ2v) is 4.70. The Balaban J connectivity index is 2.07. The molecule has 1 saturated heterocycles. The van der Waals surface area contributed by atoms with Crippen molar-refractivity contribution in [2.24, 2.45) is 5.73 Å². The van der Waals surface area contributed by atoms with Gasteiger partial charge >= 0.3 is 0 Å². The summed E-state index contributed by atoms with van der Waals surface area (Å²) in [7, 11) is 0. The van der Waals surface area contributed by atoms with E-state index in [1.165, 1.54) is 25.1 Å². The van der Waals surface area contributed by atoms with Gasteiger partial charge in [0.1, 0.15) is 0 Å². The van der Waals surface area contributed by atoms with Gasteiger partial charge in [0.25, 0.3) is 0 Å². The molecule has 0 saturated carbocycles. The molecule has 1 atom stereocenters. The van der Waals surface area contributed by atoms with Gasteiger partial charge in [-0.2, -0.15) is 0 Å². The molecule has 0 bridgehead atoms. The molecule has 0 radical (unpaired) electrons. The summed E-state index contributed by atoms with van der Waals surface area (Å²) in [6.45, 7) is 5.43. The van der Waals surface area contributed by atoms with Crippen molar-refractivity contribution in [3.63, 3.8) is 0 Å². The highest BCUT2D eigenvalue weighted by Gasteiger charge is 2.33. The number of nitrogens with two attached hydrogens (primary N) is 1. The third kappa shape index (κ3) is 2.21. The van der Waals surface area contributed by atoms with Crippen molar-refractivity contribution in [3.05, 3.63) is 35.9 Å². The Morgan fingerprint density at radius 2 is 1.93 bits per heavy atom. The number of nitrogens with zero attached hydrogens (tertiary/aromatic N) is 1. The van der Waals surface area contributed by atoms with Gasteiger partial charge < -0.3 is 5.73 Å². The van der Waals surface area contributed by atoms with Gasteiger partial charge in [0.15, 0.2) is 0 Å². The molecule has 1 aliphatic rings. The number of benzene rings is 1. The van der Waals surface area contributed by atoms with Gasteiger partial charge in [-0.25, -0.2) is 0 Å². The van der Waals surface area contributed by atoms with Crippen LogP contribution in [0.4, 0.5) is 0 Å². The summed E-state index contributed by atoms with van der Waals surface area (Å²) in [4.78, 5) is 2.50. The Morgan fingerprint density at radius 1 is 1.27 bits per heavy atom. The minimum atomic E-state index is 0.152. The highest BCUT2D eigenvalue weighted by molar-refractivity contribution is 5.18. The molecule has 2 rings (SSSR count). The predicted octanol–water partition coefficient (Wildman–Crippen LogP) is 1.65. The fourth-order valence-corrected chi connectivity index (χ4v) is 2.20. The van der Waals surface area contributed by atoms with E-state index in [4.69, 9.17) is 5.73 Å². The standard InChI is InChI=1S/C13H20N2/c1-13(11-14,15-8-5-9-15)10-12-6-3-2-4-7-12/h2-4,6-7H,5,8-11,14H2,1H3. The minimum absolute atomic E-state index is 0.152. The molecule has 15 heavy (non-hydrogen) atoms. The van der Waals surface area contributed by atoms with Crippen LogP contribution < -0.4 is 5.73 Å². The maximum atomic E-state index is 5.92. The highest BCUT2D eigenvalue weighted by atomic mass is 15.2. The Morgan fingerprint density at radius 3 is 2.40 bits per heavy atom. The normalized spacial score (nSPS) is 20.7. The van der Waals surface area contributed by atoms with Crippen LogP contribution in [0, 0.1) is 0 Å². The van der Waals surface area contributed by atoms with Crippen LogP contribution >= 0.6 is 0 Å². The lowest BCUT2D eigenvalue weighted by Gasteiger charge is -2.46. The van der Waals surface area contributed by atoms with E-state index in [9.17, 15) is 0 Å². The molecule has 1 aromatic carbocycles. The summed E-state index contributed by atoms with van der Waals surface area (Å²) in [6.07, 6.45) is 2.38. The summed E-state index contributed by atoms with van der Waals surface area (Å²) in [5.74, 6) is 0. The SMILES string of the molecule is CC(CN)(Cc1ccccc1)N1CCC1. The summed E-state index contributed by atoms with van der Waals surface area (Å²) < 4.78 is 0. The maximum Gasteiger partial charge on any atom is 0.0343 e. The van der Waals surface area contributed by atoms with E-state index >= 15 is 0 Å². The second kappa shape index (κ2) is 4.33. The Kier molecular flexibility index (Phi) is 3.08. The zero-order valence-electron chi connectivity index (χ0n) is 9.45. The summed E-state index contributed by atoms with van der Waals surface area (Å²) >= 11 is 0. The van der Waals surface area contributed by atoms with Crippen LogP contribution in [0.25, 0.3) is 0 Å². The number of rotatable bonds is 4. The van der Waals surface area contributed by atoms with Crippen molar-refractivity contribution in [2.75, 3.05) is 19.6 Å². The molecule has 1 fully saturated rings. The van der Waals surface area contributed by atoms with Crippen molar-refractivity contribution in [1.82, 2.24) is 4.90 Å². The molecule has 0 amide bonds. The third-order valence-corrected chi connectivity index (χ3v) is 3.49. The topological polar surface area (TPSA) is 29.3 Å². The van der Waals surface area contributed by atoms with Crippen LogP contribution in [0.2, 0.25) is 0 Å². The summed E-state index contributed by atoms with van der Waals surface area (Å²) in [5, 5.41) is 0. The van der Waals surface area contributed by atoms with Gasteiger partial charge in [0, 0.05) is 12.1 Å². The lowest BCUT2D eigenvalue weighted by atomic mass is 9.88. The molecule has 2 nitrogen and oxygen atoms in total. The van der Waals surface area contributed by atoms with E-state index in [0.29, 0.717) is 0 Å². The highest BCUT2D eigenvalue weighted by Crippen LogP contribution is 2.24. The summed E-state index contributed by atoms with van der Waals surface area (Å²) in [6, 6.07) is 10.6. The van der Waals surface area contributed by atoms with E-state index in [0.717, 1.165) is 13.0 Å². The van der Waals surface area contributed by atoms with Crippen LogP contribution in [0.3, 0.4) is 0 Å². The fraction of sp³-hybridized carbons (Fsp3) is 0.538. The number of hydrogen-bond donors (Lipinski definition) is 1. The number of likely N-dealkylation sites (tertiary alicyclic amines) is 1. The van der Waals surface area contributed by atoms with E-state index in [2.05, 4.69) is 42.2 Å². The quantitative estimate of drug-likeness (QED) is 0.808. The van der Waals surface area contributed by atoms with E-state index in [1.54, 1.807) is 0 Å². The number of hydrogen-bond acceptors (Lipinski definition) is 2. The van der Waals surface area contributed by atoms with Gasteiger partial charge in [-0.3, -0.25) is 4.90 Å². The van der Waals surface area contributed by atoms with Gasteiger partial charge in [0.2, 0.25) is 0 Å². The van der Waals surface area contributed by atoms with E-state index in [1.807, 2.05) is 0 Å². The molecule has 82 valence electrons. The monoisotopic (exact) mass is 204 g/mol. The Hall–Kier alpha value is -0.860. The molecule has 1 unspecified atom stereocenters. The molecular formula is C13H20N2. The Labute approximate surface area is 92.1 Å². The van der Waals surface area contributed by atoms with E-state index in [-0.39, 0.29) is 5.54 Å². The molecule has 1 heterocycles. The second-order valence-electron chi connectivity index (χ2n) is 4.70. The third-order valence-electron chi connectivity index (χ3n) is 3.49. The average molecular weight is 204 g/mol. The molecule has 2 N–H and O–H groups in total. The first kappa shape index (κ1) is 10.7. The van der Waals surface area contributed by atoms with Gasteiger partial charge in [0.05, 0.1) is 0 Å². The zero-order chi connectivity index (χ0) is 10.7. The van der Waals surface area contributed by atoms with E-state index < -0.39 is 0 Å². The molecule has 0 aliphatic carbocycles. The van der Waals surface area contributed by atoms with Crippen molar-refractivity contribution < 1.29 is 0 Å². The van der Waals surface area contributed by atoms with Gasteiger partial charge in [-0.15, -0.1) is 0 Å². The molecular weight excluding hydrogens is 184 g/mol. The van der Waals surface area contributed by atoms with Crippen molar-refractivity contribution in [1.29, 1.82) is 0 Å². The van der Waals surface area contributed by atoms with Crippen LogP contribution in [0.1, 0.15) is 18.9 Å². The first-order valence-corrected chi connectivity index (χ1v) is 5.74. The Bertz CT molecular complexity index is 306. The van der Waals surface area contributed by atoms with Crippen molar-refractivity contribution >= 4 is 0 Å². The van der Waals surface area contributed by atoms with Crippen molar-refractivity contribution in [3.8, 4) is 0 Å². The first-order valence-electron chi connectivity index (χ1n) is 5.74. The predicted molar refractivity (Wildman–Crippen MR) is 63.8 cm³/mol. The molecule has 2 heteroatoms. The van der Waals surface area contributed by atoms with Crippen LogP contribution in [-0.4, -0.2) is 30.1 Å². The molecule has 0 spiro atoms. The van der Waals surface area contributed by atoms with Gasteiger partial charge in [-0.1, -0.05) is 30.3 Å². The molecule has 0 aromatic heterocycles. The maximum absolute atomic E-state index is 5.92. The zero-order valence-corrected chi connectivity index (χ0v) is 9.45. The minimum Gasteiger partial charge on any atom is -0.329 e. The molecule has 1 aliphatic heterocycles. The first-order chi connectivity index (χ1) is 7.24. The van der Waals surface area contributed by atoms with Gasteiger partial charge in [-0.05, 0) is 38.4 Å². The lowest BCUT2D eigenvalue weighted by Crippen LogP contribution is -2.58. The summed E-state index contributed by atoms with van der Waals surface area (Å²) in [5.41, 5.74) is 7.46. The van der Waals surface area contributed by atoms with Crippen molar-refractivity contribution in [2.45, 2.75) is 25.3 Å².